The third-order valence-corrected chi connectivity index (χ3v) is 2.21. The summed E-state index contributed by atoms with van der Waals surface area (Å²) in [6.45, 7) is 0.568. The van der Waals surface area contributed by atoms with E-state index in [-0.39, 0.29) is 12.4 Å². The predicted molar refractivity (Wildman–Crippen MR) is 55.9 cm³/mol. The van der Waals surface area contributed by atoms with Gasteiger partial charge in [-0.25, -0.2) is 0 Å². The Morgan fingerprint density at radius 1 is 0.933 bits per heavy atom. The standard InChI is InChI=1S/C12H13N2.ClH/c13-10-11-6-2-3-7-12(11)14-8-4-1-5-9-14;/h1-9H,10,13H2;1H/q+1;/p-1. The Bertz CT molecular complexity index is 415. The fraction of sp³-hybridized carbons (Fsp3) is 0.0833. The Labute approximate surface area is 95.8 Å². The first kappa shape index (κ1) is 11.7. The van der Waals surface area contributed by atoms with Gasteiger partial charge < -0.3 is 18.1 Å². The highest BCUT2D eigenvalue weighted by Gasteiger charge is 2.08. The zero-order valence-electron chi connectivity index (χ0n) is 8.31. The van der Waals surface area contributed by atoms with Gasteiger partial charge in [0.05, 0.1) is 0 Å². The summed E-state index contributed by atoms with van der Waals surface area (Å²) >= 11 is 0. The van der Waals surface area contributed by atoms with Crippen LogP contribution in [0.25, 0.3) is 5.69 Å². The van der Waals surface area contributed by atoms with E-state index in [4.69, 9.17) is 5.73 Å². The summed E-state index contributed by atoms with van der Waals surface area (Å²) in [6, 6.07) is 14.2. The monoisotopic (exact) mass is 220 g/mol. The Kier molecular flexibility index (Phi) is 4.28. The normalized spacial score (nSPS) is 9.40. The SMILES string of the molecule is NCc1ccccc1-[n+]1ccccc1.[Cl-]. The molecule has 0 radical (unpaired) electrons. The van der Waals surface area contributed by atoms with Crippen molar-refractivity contribution in [2.75, 3.05) is 0 Å². The largest absolute Gasteiger partial charge is 1.00 e. The molecule has 0 saturated heterocycles. The summed E-state index contributed by atoms with van der Waals surface area (Å²) in [5, 5.41) is 0. The Hall–Kier alpha value is -1.38. The van der Waals surface area contributed by atoms with E-state index < -0.39 is 0 Å². The molecule has 0 unspecified atom stereocenters. The fourth-order valence-corrected chi connectivity index (χ4v) is 1.49. The zero-order chi connectivity index (χ0) is 9.80. The quantitative estimate of drug-likeness (QED) is 0.609. The number of hydrogen-bond acceptors (Lipinski definition) is 1. The topological polar surface area (TPSA) is 29.9 Å². The van der Waals surface area contributed by atoms with Crippen LogP contribution in [-0.2, 0) is 6.54 Å². The van der Waals surface area contributed by atoms with Gasteiger partial charge in [-0.15, -0.1) is 0 Å². The predicted octanol–water partition coefficient (Wildman–Crippen LogP) is -1.57. The van der Waals surface area contributed by atoms with Gasteiger partial charge in [-0.1, -0.05) is 24.3 Å². The van der Waals surface area contributed by atoms with E-state index in [2.05, 4.69) is 16.7 Å². The Morgan fingerprint density at radius 2 is 1.60 bits per heavy atom. The summed E-state index contributed by atoms with van der Waals surface area (Å²) < 4.78 is 2.07. The molecule has 2 aromatic rings. The van der Waals surface area contributed by atoms with Crippen molar-refractivity contribution < 1.29 is 17.0 Å². The number of halogens is 1. The van der Waals surface area contributed by atoms with Gasteiger partial charge in [-0.3, -0.25) is 0 Å². The number of hydrogen-bond donors (Lipinski definition) is 1. The molecule has 0 aliphatic rings. The lowest BCUT2D eigenvalue weighted by Crippen LogP contribution is -3.00. The van der Waals surface area contributed by atoms with E-state index in [0.717, 1.165) is 11.3 Å². The summed E-state index contributed by atoms with van der Waals surface area (Å²) in [7, 11) is 0. The molecule has 0 spiro atoms. The van der Waals surface area contributed by atoms with Crippen molar-refractivity contribution in [2.24, 2.45) is 5.73 Å². The number of nitrogens with two attached hydrogens (primary N) is 1. The van der Waals surface area contributed by atoms with E-state index in [1.54, 1.807) is 0 Å². The van der Waals surface area contributed by atoms with Gasteiger partial charge >= 0.3 is 0 Å². The minimum atomic E-state index is 0. The van der Waals surface area contributed by atoms with Crippen LogP contribution in [0.2, 0.25) is 0 Å². The molecule has 1 aromatic heterocycles. The molecule has 2 rings (SSSR count). The summed E-state index contributed by atoms with van der Waals surface area (Å²) in [4.78, 5) is 0. The third kappa shape index (κ3) is 2.55. The molecule has 0 atom stereocenters. The maximum atomic E-state index is 5.67. The first-order chi connectivity index (χ1) is 6.92. The van der Waals surface area contributed by atoms with Crippen molar-refractivity contribution in [1.82, 2.24) is 0 Å². The van der Waals surface area contributed by atoms with E-state index in [9.17, 15) is 0 Å². The van der Waals surface area contributed by atoms with Crippen molar-refractivity contribution >= 4 is 0 Å². The van der Waals surface area contributed by atoms with Crippen molar-refractivity contribution in [1.29, 1.82) is 0 Å². The van der Waals surface area contributed by atoms with Crippen LogP contribution in [0.1, 0.15) is 5.56 Å². The van der Waals surface area contributed by atoms with Gasteiger partial charge in [0.1, 0.15) is 0 Å². The lowest BCUT2D eigenvalue weighted by Gasteiger charge is -2.00. The Balaban J connectivity index is 0.00000112. The number of aromatic nitrogens is 1. The summed E-state index contributed by atoms with van der Waals surface area (Å²) in [6.07, 6.45) is 4.04. The molecule has 1 aromatic carbocycles. The van der Waals surface area contributed by atoms with Crippen molar-refractivity contribution in [3.8, 4) is 5.69 Å². The van der Waals surface area contributed by atoms with Crippen LogP contribution >= 0.6 is 0 Å². The average molecular weight is 221 g/mol. The maximum Gasteiger partial charge on any atom is 0.215 e. The van der Waals surface area contributed by atoms with Crippen LogP contribution in [0.15, 0.2) is 54.9 Å². The highest BCUT2D eigenvalue weighted by Crippen LogP contribution is 2.06. The van der Waals surface area contributed by atoms with Crippen LogP contribution in [0.5, 0.6) is 0 Å². The second kappa shape index (κ2) is 5.49. The van der Waals surface area contributed by atoms with E-state index in [1.165, 1.54) is 0 Å². The lowest BCUT2D eigenvalue weighted by atomic mass is 10.2. The lowest BCUT2D eigenvalue weighted by molar-refractivity contribution is -0.596. The van der Waals surface area contributed by atoms with Crippen molar-refractivity contribution in [2.45, 2.75) is 6.54 Å². The highest BCUT2D eigenvalue weighted by molar-refractivity contribution is 5.33. The number of para-hydroxylation sites is 1. The second-order valence-electron chi connectivity index (χ2n) is 3.12. The van der Waals surface area contributed by atoms with Gasteiger partial charge in [0.25, 0.3) is 0 Å². The molecule has 0 fully saturated rings. The molecular weight excluding hydrogens is 208 g/mol. The van der Waals surface area contributed by atoms with Gasteiger partial charge in [-0.2, -0.15) is 4.57 Å². The van der Waals surface area contributed by atoms with Crippen LogP contribution in [-0.4, -0.2) is 0 Å². The third-order valence-electron chi connectivity index (χ3n) is 2.21. The molecule has 0 amide bonds. The second-order valence-corrected chi connectivity index (χ2v) is 3.12. The molecular formula is C12H13ClN2. The zero-order valence-corrected chi connectivity index (χ0v) is 9.06. The fourth-order valence-electron chi connectivity index (χ4n) is 1.49. The maximum absolute atomic E-state index is 5.67. The van der Waals surface area contributed by atoms with Crippen molar-refractivity contribution in [3.05, 3.63) is 60.4 Å². The molecule has 0 aliphatic heterocycles. The Morgan fingerprint density at radius 3 is 2.27 bits per heavy atom. The van der Waals surface area contributed by atoms with E-state index in [0.29, 0.717) is 6.54 Å². The molecule has 0 bridgehead atoms. The van der Waals surface area contributed by atoms with Crippen LogP contribution in [0, 0.1) is 0 Å². The number of rotatable bonds is 2. The molecule has 0 aliphatic carbocycles. The van der Waals surface area contributed by atoms with Gasteiger partial charge in [0, 0.05) is 30.3 Å². The van der Waals surface area contributed by atoms with Gasteiger partial charge in [-0.05, 0) is 0 Å². The van der Waals surface area contributed by atoms with Crippen molar-refractivity contribution in [3.63, 3.8) is 0 Å². The minimum absolute atomic E-state index is 0. The number of pyridine rings is 1. The van der Waals surface area contributed by atoms with Gasteiger partial charge in [0.15, 0.2) is 12.4 Å². The van der Waals surface area contributed by atoms with Crippen LogP contribution in [0.4, 0.5) is 0 Å². The van der Waals surface area contributed by atoms with Crippen LogP contribution in [0.3, 0.4) is 0 Å². The van der Waals surface area contributed by atoms with E-state index >= 15 is 0 Å². The molecule has 78 valence electrons. The van der Waals surface area contributed by atoms with Gasteiger partial charge in [0.2, 0.25) is 5.69 Å². The summed E-state index contributed by atoms with van der Waals surface area (Å²) in [5.74, 6) is 0. The highest BCUT2D eigenvalue weighted by atomic mass is 35.5. The number of nitrogens with zero attached hydrogens (tertiary/aromatic N) is 1. The smallest absolute Gasteiger partial charge is 0.215 e. The first-order valence-corrected chi connectivity index (χ1v) is 4.66. The molecule has 15 heavy (non-hydrogen) atoms. The average Bonchev–Trinajstić information content (AvgIpc) is 2.30. The molecule has 2 nitrogen and oxygen atoms in total. The summed E-state index contributed by atoms with van der Waals surface area (Å²) in [5.41, 5.74) is 7.98. The molecule has 2 N–H and O–H groups in total. The molecule has 1 heterocycles. The minimum Gasteiger partial charge on any atom is -1.00 e. The first-order valence-electron chi connectivity index (χ1n) is 4.66. The van der Waals surface area contributed by atoms with E-state index in [1.807, 2.05) is 42.7 Å². The van der Waals surface area contributed by atoms with Crippen LogP contribution < -0.4 is 22.7 Å². The molecule has 3 heteroatoms. The number of benzene rings is 1. The molecule has 0 saturated carbocycles.